The molecule has 0 bridgehead atoms. The third-order valence-corrected chi connectivity index (χ3v) is 6.41. The van der Waals surface area contributed by atoms with Crippen LogP contribution < -0.4 is 5.32 Å². The summed E-state index contributed by atoms with van der Waals surface area (Å²) in [5.74, 6) is 1.39. The first-order valence-corrected chi connectivity index (χ1v) is 9.60. The molecule has 3 aromatic rings. The van der Waals surface area contributed by atoms with Crippen molar-refractivity contribution in [3.05, 3.63) is 58.9 Å². The summed E-state index contributed by atoms with van der Waals surface area (Å²) in [5.41, 5.74) is 1.72. The summed E-state index contributed by atoms with van der Waals surface area (Å²) in [7, 11) is 0. The Bertz CT molecular complexity index is 950. The van der Waals surface area contributed by atoms with Crippen molar-refractivity contribution in [2.75, 3.05) is 5.32 Å². The van der Waals surface area contributed by atoms with Gasteiger partial charge >= 0.3 is 0 Å². The van der Waals surface area contributed by atoms with Crippen molar-refractivity contribution >= 4 is 39.9 Å². The van der Waals surface area contributed by atoms with Crippen LogP contribution in [0, 0.1) is 12.8 Å². The van der Waals surface area contributed by atoms with E-state index in [2.05, 4.69) is 37.9 Å². The Morgan fingerprint density at radius 1 is 1.31 bits per heavy atom. The van der Waals surface area contributed by atoms with E-state index in [1.54, 1.807) is 31.1 Å². The molecule has 9 heteroatoms. The molecule has 1 aliphatic heterocycles. The maximum absolute atomic E-state index is 12.2. The highest BCUT2D eigenvalue weighted by Crippen LogP contribution is 2.51. The molecule has 132 valence electrons. The quantitative estimate of drug-likeness (QED) is 0.727. The SMILES string of the molecule is Cc1nnsc1C(=O)Nc1ccc(C2SC(c3cnco3)=CC2C)cn1. The Balaban J connectivity index is 1.45. The summed E-state index contributed by atoms with van der Waals surface area (Å²) in [5, 5.41) is 6.88. The van der Waals surface area contributed by atoms with Gasteiger partial charge in [0.2, 0.25) is 0 Å². The van der Waals surface area contributed by atoms with E-state index < -0.39 is 0 Å². The number of pyridine rings is 1. The number of hydrogen-bond acceptors (Lipinski definition) is 8. The third kappa shape index (κ3) is 3.27. The zero-order valence-corrected chi connectivity index (χ0v) is 15.7. The molecular weight excluding hydrogens is 370 g/mol. The number of hydrogen-bond donors (Lipinski definition) is 1. The normalized spacial score (nSPS) is 19.4. The fourth-order valence-electron chi connectivity index (χ4n) is 2.72. The van der Waals surface area contributed by atoms with Crippen molar-refractivity contribution in [2.45, 2.75) is 19.1 Å². The van der Waals surface area contributed by atoms with Gasteiger partial charge in [-0.15, -0.1) is 16.9 Å². The molecule has 0 aliphatic carbocycles. The molecular formula is C17H15N5O2S2. The van der Waals surface area contributed by atoms with Crippen molar-refractivity contribution in [3.63, 3.8) is 0 Å². The molecule has 0 fully saturated rings. The van der Waals surface area contributed by atoms with Gasteiger partial charge in [-0.3, -0.25) is 4.79 Å². The van der Waals surface area contributed by atoms with Crippen LogP contribution in [0.3, 0.4) is 0 Å². The Kier molecular flexibility index (Phi) is 4.56. The lowest BCUT2D eigenvalue weighted by atomic mass is 10.0. The van der Waals surface area contributed by atoms with Gasteiger partial charge in [-0.2, -0.15) is 0 Å². The number of oxazole rings is 1. The summed E-state index contributed by atoms with van der Waals surface area (Å²) in [6.07, 6.45) is 7.15. The Labute approximate surface area is 158 Å². The smallest absolute Gasteiger partial charge is 0.270 e. The molecule has 4 rings (SSSR count). The van der Waals surface area contributed by atoms with E-state index in [9.17, 15) is 4.79 Å². The minimum atomic E-state index is -0.240. The van der Waals surface area contributed by atoms with Crippen LogP contribution in [0.5, 0.6) is 0 Å². The van der Waals surface area contributed by atoms with Crippen molar-refractivity contribution in [2.24, 2.45) is 5.92 Å². The van der Waals surface area contributed by atoms with Crippen molar-refractivity contribution < 1.29 is 9.21 Å². The number of aryl methyl sites for hydroxylation is 1. The van der Waals surface area contributed by atoms with Crippen molar-refractivity contribution in [3.8, 4) is 0 Å². The first-order chi connectivity index (χ1) is 12.6. The van der Waals surface area contributed by atoms with Crippen LogP contribution in [-0.4, -0.2) is 25.5 Å². The zero-order valence-electron chi connectivity index (χ0n) is 14.0. The number of thioether (sulfide) groups is 1. The molecule has 0 saturated carbocycles. The Hall–Kier alpha value is -2.52. The number of carbonyl (C=O) groups is 1. The molecule has 7 nitrogen and oxygen atoms in total. The zero-order chi connectivity index (χ0) is 18.1. The molecule has 1 aliphatic rings. The second-order valence-electron chi connectivity index (χ2n) is 5.91. The van der Waals surface area contributed by atoms with Gasteiger partial charge in [0.25, 0.3) is 5.91 Å². The van der Waals surface area contributed by atoms with E-state index in [1.807, 2.05) is 12.1 Å². The molecule has 0 saturated heterocycles. The lowest BCUT2D eigenvalue weighted by Gasteiger charge is -2.15. The molecule has 2 unspecified atom stereocenters. The van der Waals surface area contributed by atoms with E-state index in [0.29, 0.717) is 22.3 Å². The molecule has 4 heterocycles. The summed E-state index contributed by atoms with van der Waals surface area (Å²) in [4.78, 5) is 22.2. The maximum Gasteiger partial charge on any atom is 0.270 e. The van der Waals surface area contributed by atoms with Crippen LogP contribution in [0.4, 0.5) is 5.82 Å². The fraction of sp³-hybridized carbons (Fsp3) is 0.235. The number of amides is 1. The number of carbonyl (C=O) groups excluding carboxylic acids is 1. The lowest BCUT2D eigenvalue weighted by molar-refractivity contribution is 0.102. The van der Waals surface area contributed by atoms with E-state index >= 15 is 0 Å². The van der Waals surface area contributed by atoms with E-state index in [1.165, 1.54) is 6.39 Å². The van der Waals surface area contributed by atoms with E-state index in [0.717, 1.165) is 27.8 Å². The van der Waals surface area contributed by atoms with Crippen LogP contribution in [0.15, 0.2) is 41.4 Å². The Morgan fingerprint density at radius 3 is 2.85 bits per heavy atom. The lowest BCUT2D eigenvalue weighted by Crippen LogP contribution is -2.13. The van der Waals surface area contributed by atoms with E-state index in [-0.39, 0.29) is 11.2 Å². The van der Waals surface area contributed by atoms with Gasteiger partial charge in [-0.1, -0.05) is 23.6 Å². The predicted molar refractivity (Wildman–Crippen MR) is 101 cm³/mol. The predicted octanol–water partition coefficient (Wildman–Crippen LogP) is 3.95. The average molecular weight is 385 g/mol. The molecule has 3 aromatic heterocycles. The maximum atomic E-state index is 12.2. The van der Waals surface area contributed by atoms with Crippen LogP contribution in [-0.2, 0) is 0 Å². The summed E-state index contributed by atoms with van der Waals surface area (Å²) >= 11 is 2.81. The standard InChI is InChI=1S/C17H15N5O2S2/c1-9-5-13(12-7-18-8-24-12)25-15(9)11-3-4-14(19-6-11)20-17(23)16-10(2)21-22-26-16/h3-9,15H,1-2H3,(H,19,20,23). The summed E-state index contributed by atoms with van der Waals surface area (Å²) in [6, 6.07) is 3.81. The van der Waals surface area contributed by atoms with Crippen LogP contribution >= 0.6 is 23.3 Å². The second-order valence-corrected chi connectivity index (χ2v) is 7.85. The number of rotatable bonds is 4. The van der Waals surface area contributed by atoms with Crippen LogP contribution in [0.1, 0.15) is 38.9 Å². The van der Waals surface area contributed by atoms with Gasteiger partial charge in [-0.25, -0.2) is 9.97 Å². The number of nitrogens with one attached hydrogen (secondary N) is 1. The summed E-state index contributed by atoms with van der Waals surface area (Å²) < 4.78 is 9.16. The summed E-state index contributed by atoms with van der Waals surface area (Å²) in [6.45, 7) is 3.92. The highest BCUT2D eigenvalue weighted by Gasteiger charge is 2.29. The minimum Gasteiger partial charge on any atom is -0.443 e. The molecule has 0 aromatic carbocycles. The topological polar surface area (TPSA) is 93.8 Å². The van der Waals surface area contributed by atoms with Gasteiger partial charge in [-0.05, 0) is 36.0 Å². The highest BCUT2D eigenvalue weighted by atomic mass is 32.2. The first-order valence-electron chi connectivity index (χ1n) is 7.95. The molecule has 1 amide bonds. The molecule has 1 N–H and O–H groups in total. The van der Waals surface area contributed by atoms with Crippen molar-refractivity contribution in [1.29, 1.82) is 0 Å². The minimum absolute atomic E-state index is 0.240. The van der Waals surface area contributed by atoms with Gasteiger partial charge in [0, 0.05) is 16.4 Å². The average Bonchev–Trinajstić information content (AvgIpc) is 3.36. The first kappa shape index (κ1) is 16.9. The number of allylic oxidation sites excluding steroid dienone is 1. The highest BCUT2D eigenvalue weighted by molar-refractivity contribution is 8.08. The number of aromatic nitrogens is 4. The second kappa shape index (κ2) is 7.00. The van der Waals surface area contributed by atoms with Gasteiger partial charge in [0.1, 0.15) is 10.7 Å². The number of nitrogens with zero attached hydrogens (tertiary/aromatic N) is 4. The van der Waals surface area contributed by atoms with Crippen LogP contribution in [0.2, 0.25) is 0 Å². The van der Waals surface area contributed by atoms with Gasteiger partial charge < -0.3 is 9.73 Å². The molecule has 2 atom stereocenters. The van der Waals surface area contributed by atoms with Gasteiger partial charge in [0.05, 0.1) is 11.9 Å². The Morgan fingerprint density at radius 2 is 2.19 bits per heavy atom. The molecule has 0 radical (unpaired) electrons. The van der Waals surface area contributed by atoms with Gasteiger partial charge in [0.15, 0.2) is 12.2 Å². The monoisotopic (exact) mass is 385 g/mol. The van der Waals surface area contributed by atoms with Crippen LogP contribution in [0.25, 0.3) is 4.91 Å². The largest absolute Gasteiger partial charge is 0.443 e. The third-order valence-electron chi connectivity index (χ3n) is 4.04. The van der Waals surface area contributed by atoms with Crippen molar-refractivity contribution in [1.82, 2.24) is 19.6 Å². The fourth-order valence-corrected chi connectivity index (χ4v) is 4.62. The number of anilines is 1. The molecule has 26 heavy (non-hydrogen) atoms. The van der Waals surface area contributed by atoms with E-state index in [4.69, 9.17) is 4.42 Å². The molecule has 0 spiro atoms.